The summed E-state index contributed by atoms with van der Waals surface area (Å²) in [6, 6.07) is 1.99. The third-order valence-electron chi connectivity index (χ3n) is 1.61. The first-order valence-electron chi connectivity index (χ1n) is 4.31. The Morgan fingerprint density at radius 3 is 2.39 bits per heavy atom. The third kappa shape index (κ3) is 5.17. The van der Waals surface area contributed by atoms with Crippen LogP contribution >= 0.6 is 0 Å². The maximum absolute atomic E-state index is 13.0. The number of hydrogen-bond acceptors (Lipinski definition) is 4. The van der Waals surface area contributed by atoms with Crippen molar-refractivity contribution in [2.75, 3.05) is 11.9 Å². The van der Waals surface area contributed by atoms with Gasteiger partial charge in [-0.1, -0.05) is 3.89 Å². The number of rotatable bonds is 4. The first-order valence-corrected chi connectivity index (χ1v) is 5.62. The Kier molecular flexibility index (Phi) is 3.99. The van der Waals surface area contributed by atoms with Crippen molar-refractivity contribution < 1.29 is 34.0 Å². The van der Waals surface area contributed by atoms with Gasteiger partial charge in [0.2, 0.25) is 0 Å². The molecule has 1 N–H and O–H groups in total. The maximum Gasteiger partial charge on any atom is 0.488 e. The summed E-state index contributed by atoms with van der Waals surface area (Å²) in [5.41, 5.74) is -0.659. The average Bonchev–Trinajstić information content (AvgIpc) is 2.15. The number of anilines is 1. The average molecular weight is 291 g/mol. The van der Waals surface area contributed by atoms with E-state index in [9.17, 15) is 29.9 Å². The highest BCUT2D eigenvalue weighted by Gasteiger charge is 2.27. The SMILES string of the molecule is O=S(=O)(F)Oc1ccc(F)c(NCC(F)(F)F)c1. The third-order valence-corrected chi connectivity index (χ3v) is 2.00. The van der Waals surface area contributed by atoms with E-state index in [0.717, 1.165) is 6.07 Å². The molecule has 18 heavy (non-hydrogen) atoms. The van der Waals surface area contributed by atoms with Gasteiger partial charge in [-0.3, -0.25) is 0 Å². The van der Waals surface area contributed by atoms with Crippen molar-refractivity contribution in [1.82, 2.24) is 0 Å². The molecule has 4 nitrogen and oxygen atoms in total. The van der Waals surface area contributed by atoms with Crippen molar-refractivity contribution in [2.45, 2.75) is 6.18 Å². The van der Waals surface area contributed by atoms with Crippen LogP contribution in [0.1, 0.15) is 0 Å². The molecule has 10 heteroatoms. The van der Waals surface area contributed by atoms with E-state index in [1.807, 2.05) is 0 Å². The normalized spacial score (nSPS) is 12.3. The second kappa shape index (κ2) is 4.96. The monoisotopic (exact) mass is 291 g/mol. The molecule has 1 aromatic rings. The van der Waals surface area contributed by atoms with Crippen LogP contribution in [0.5, 0.6) is 5.75 Å². The summed E-state index contributed by atoms with van der Waals surface area (Å²) in [5.74, 6) is -1.72. The van der Waals surface area contributed by atoms with Crippen molar-refractivity contribution in [3.05, 3.63) is 24.0 Å². The van der Waals surface area contributed by atoms with Crippen LogP contribution in [-0.4, -0.2) is 21.1 Å². The molecule has 0 aliphatic rings. The highest BCUT2D eigenvalue weighted by Crippen LogP contribution is 2.24. The lowest BCUT2D eigenvalue weighted by Crippen LogP contribution is -2.21. The molecule has 0 aliphatic heterocycles. The zero-order valence-electron chi connectivity index (χ0n) is 8.46. The zero-order chi connectivity index (χ0) is 14.0. The largest absolute Gasteiger partial charge is 0.488 e. The van der Waals surface area contributed by atoms with Gasteiger partial charge in [-0.05, 0) is 12.1 Å². The van der Waals surface area contributed by atoms with Crippen molar-refractivity contribution in [3.8, 4) is 5.75 Å². The summed E-state index contributed by atoms with van der Waals surface area (Å²) in [4.78, 5) is 0. The first kappa shape index (κ1) is 14.5. The molecule has 102 valence electrons. The Bertz CT molecular complexity index is 528. The van der Waals surface area contributed by atoms with Crippen LogP contribution < -0.4 is 9.50 Å². The highest BCUT2D eigenvalue weighted by atomic mass is 32.3. The molecule has 0 saturated carbocycles. The van der Waals surface area contributed by atoms with Gasteiger partial charge in [0.05, 0.1) is 5.69 Å². The standard InChI is InChI=1S/C8H6F5NO3S/c9-6-2-1-5(17-18(13,15)16)3-7(6)14-4-8(10,11)12/h1-3,14H,4H2. The molecule has 0 atom stereocenters. The molecule has 0 aromatic heterocycles. The minimum atomic E-state index is -5.32. The molecule has 0 unspecified atom stereocenters. The fourth-order valence-electron chi connectivity index (χ4n) is 1.00. The Morgan fingerprint density at radius 2 is 1.89 bits per heavy atom. The van der Waals surface area contributed by atoms with Crippen LogP contribution in [0.4, 0.5) is 27.1 Å². The topological polar surface area (TPSA) is 55.4 Å². The molecular formula is C8H6F5NO3S. The van der Waals surface area contributed by atoms with Gasteiger partial charge >= 0.3 is 16.7 Å². The molecule has 0 spiro atoms. The minimum absolute atomic E-state index is 0.595. The van der Waals surface area contributed by atoms with Crippen LogP contribution in [0.3, 0.4) is 0 Å². The minimum Gasteiger partial charge on any atom is -0.374 e. The molecule has 0 fully saturated rings. The van der Waals surface area contributed by atoms with E-state index in [0.29, 0.717) is 12.1 Å². The number of benzene rings is 1. The summed E-state index contributed by atoms with van der Waals surface area (Å²) in [6.45, 7) is -1.53. The van der Waals surface area contributed by atoms with Gasteiger partial charge < -0.3 is 9.50 Å². The van der Waals surface area contributed by atoms with E-state index in [-0.39, 0.29) is 0 Å². The second-order valence-electron chi connectivity index (χ2n) is 3.09. The fourth-order valence-corrected chi connectivity index (χ4v) is 1.34. The lowest BCUT2D eigenvalue weighted by Gasteiger charge is -2.11. The van der Waals surface area contributed by atoms with Crippen molar-refractivity contribution in [3.63, 3.8) is 0 Å². The van der Waals surface area contributed by atoms with Gasteiger partial charge in [-0.25, -0.2) is 4.39 Å². The van der Waals surface area contributed by atoms with E-state index in [1.165, 1.54) is 0 Å². The lowest BCUT2D eigenvalue weighted by molar-refractivity contribution is -0.115. The summed E-state index contributed by atoms with van der Waals surface area (Å²) >= 11 is 0. The molecular weight excluding hydrogens is 285 g/mol. The summed E-state index contributed by atoms with van der Waals surface area (Å²) in [6.07, 6.45) is -4.59. The molecule has 0 bridgehead atoms. The van der Waals surface area contributed by atoms with Crippen molar-refractivity contribution >= 4 is 16.2 Å². The maximum atomic E-state index is 13.0. The summed E-state index contributed by atoms with van der Waals surface area (Å²) < 4.78 is 84.8. The van der Waals surface area contributed by atoms with Crippen LogP contribution in [-0.2, 0) is 10.5 Å². The first-order chi connectivity index (χ1) is 8.07. The Labute approximate surface area is 98.8 Å². The van der Waals surface area contributed by atoms with Gasteiger partial charge in [0.25, 0.3) is 0 Å². The summed E-state index contributed by atoms with van der Waals surface area (Å²) in [7, 11) is -5.32. The molecule has 0 radical (unpaired) electrons. The molecule has 0 aliphatic carbocycles. The quantitative estimate of drug-likeness (QED) is 0.683. The molecule has 0 amide bonds. The van der Waals surface area contributed by atoms with Gasteiger partial charge in [0, 0.05) is 6.07 Å². The highest BCUT2D eigenvalue weighted by molar-refractivity contribution is 7.81. The Hall–Kier alpha value is -1.58. The Balaban J connectivity index is 2.88. The van der Waals surface area contributed by atoms with Crippen LogP contribution in [0.15, 0.2) is 18.2 Å². The predicted octanol–water partition coefficient (Wildman–Crippen LogP) is 2.39. The van der Waals surface area contributed by atoms with E-state index in [2.05, 4.69) is 4.18 Å². The smallest absolute Gasteiger partial charge is 0.374 e. The van der Waals surface area contributed by atoms with Crippen LogP contribution in [0.2, 0.25) is 0 Å². The van der Waals surface area contributed by atoms with E-state index >= 15 is 0 Å². The number of hydrogen-bond donors (Lipinski definition) is 1. The summed E-state index contributed by atoms with van der Waals surface area (Å²) in [5, 5.41) is 1.68. The van der Waals surface area contributed by atoms with Gasteiger partial charge in [-0.15, -0.1) is 0 Å². The van der Waals surface area contributed by atoms with Crippen molar-refractivity contribution in [2.24, 2.45) is 0 Å². The zero-order valence-corrected chi connectivity index (χ0v) is 9.28. The van der Waals surface area contributed by atoms with Gasteiger partial charge in [0.15, 0.2) is 0 Å². The molecule has 0 heterocycles. The lowest BCUT2D eigenvalue weighted by atomic mass is 10.3. The fraction of sp³-hybridized carbons (Fsp3) is 0.250. The van der Waals surface area contributed by atoms with E-state index in [4.69, 9.17) is 0 Å². The van der Waals surface area contributed by atoms with E-state index in [1.54, 1.807) is 5.32 Å². The van der Waals surface area contributed by atoms with Gasteiger partial charge in [0.1, 0.15) is 18.1 Å². The second-order valence-corrected chi connectivity index (χ2v) is 4.04. The molecule has 1 rings (SSSR count). The van der Waals surface area contributed by atoms with Crippen molar-refractivity contribution in [1.29, 1.82) is 0 Å². The predicted molar refractivity (Wildman–Crippen MR) is 51.6 cm³/mol. The van der Waals surface area contributed by atoms with Gasteiger partial charge in [-0.2, -0.15) is 21.6 Å². The van der Waals surface area contributed by atoms with E-state index < -0.39 is 40.5 Å². The number of halogens is 5. The number of nitrogens with one attached hydrogen (secondary N) is 1. The molecule has 0 saturated heterocycles. The Morgan fingerprint density at radius 1 is 1.28 bits per heavy atom. The molecule has 1 aromatic carbocycles. The van der Waals surface area contributed by atoms with Crippen LogP contribution in [0.25, 0.3) is 0 Å². The van der Waals surface area contributed by atoms with Crippen LogP contribution in [0, 0.1) is 5.82 Å². The number of alkyl halides is 3.